The molecule has 1 aliphatic heterocycles. The highest BCUT2D eigenvalue weighted by Gasteiger charge is 2.13. The first-order valence-electron chi connectivity index (χ1n) is 10.9. The maximum atomic E-state index is 5.82. The number of hydrogen-bond acceptors (Lipinski definition) is 4. The van der Waals surface area contributed by atoms with Crippen molar-refractivity contribution >= 4 is 5.96 Å². The molecule has 1 aromatic carbocycles. The molecule has 2 N–H and O–H groups in total. The van der Waals surface area contributed by atoms with Crippen LogP contribution in [-0.2, 0) is 24.1 Å². The molecule has 1 fully saturated rings. The number of rotatable bonds is 10. The molecule has 0 amide bonds. The molecular formula is C22H34N6O. The lowest BCUT2D eigenvalue weighted by Gasteiger charge is -2.21. The van der Waals surface area contributed by atoms with Crippen molar-refractivity contribution in [1.82, 2.24) is 25.4 Å². The van der Waals surface area contributed by atoms with Crippen LogP contribution in [0.4, 0.5) is 0 Å². The van der Waals surface area contributed by atoms with Crippen molar-refractivity contribution in [3.63, 3.8) is 0 Å². The molecule has 0 aliphatic carbocycles. The Morgan fingerprint density at radius 2 is 2.07 bits per heavy atom. The van der Waals surface area contributed by atoms with Crippen LogP contribution in [0.15, 0.2) is 41.7 Å². The van der Waals surface area contributed by atoms with Gasteiger partial charge in [-0.05, 0) is 37.7 Å². The van der Waals surface area contributed by atoms with Gasteiger partial charge in [-0.3, -0.25) is 4.99 Å². The molecule has 1 unspecified atom stereocenters. The third-order valence-corrected chi connectivity index (χ3v) is 5.16. The minimum absolute atomic E-state index is 0.246. The van der Waals surface area contributed by atoms with Crippen LogP contribution >= 0.6 is 0 Å². The monoisotopic (exact) mass is 398 g/mol. The number of ether oxygens (including phenoxy) is 1. The molecule has 0 radical (unpaired) electrons. The number of guanidine groups is 1. The molecule has 0 saturated carbocycles. The van der Waals surface area contributed by atoms with Gasteiger partial charge < -0.3 is 19.9 Å². The molecule has 29 heavy (non-hydrogen) atoms. The van der Waals surface area contributed by atoms with Crippen molar-refractivity contribution in [3.05, 3.63) is 48.0 Å². The van der Waals surface area contributed by atoms with Gasteiger partial charge in [-0.1, -0.05) is 37.3 Å². The largest absolute Gasteiger partial charge is 0.376 e. The second-order valence-corrected chi connectivity index (χ2v) is 7.41. The number of nitrogens with zero attached hydrogens (tertiary/aromatic N) is 4. The van der Waals surface area contributed by atoms with Crippen molar-refractivity contribution in [2.24, 2.45) is 4.99 Å². The summed E-state index contributed by atoms with van der Waals surface area (Å²) >= 11 is 0. The summed E-state index contributed by atoms with van der Waals surface area (Å²) in [7, 11) is 0. The highest BCUT2D eigenvalue weighted by Crippen LogP contribution is 2.12. The standard InChI is InChI=1S/C22H34N6O/c1-2-21-27-26-18-28(21)15-14-24-22(25-17-20-12-6-7-16-29-20)23-13-8-11-19-9-4-3-5-10-19/h3-5,9-10,18,20H,2,6-8,11-17H2,1H3,(H2,23,24,25). The minimum Gasteiger partial charge on any atom is -0.376 e. The summed E-state index contributed by atoms with van der Waals surface area (Å²) in [5.74, 6) is 1.87. The highest BCUT2D eigenvalue weighted by atomic mass is 16.5. The summed E-state index contributed by atoms with van der Waals surface area (Å²) in [4.78, 5) is 4.78. The van der Waals surface area contributed by atoms with E-state index in [4.69, 9.17) is 9.73 Å². The number of aryl methyl sites for hydroxylation is 2. The van der Waals surface area contributed by atoms with Gasteiger partial charge in [0.1, 0.15) is 12.2 Å². The van der Waals surface area contributed by atoms with Crippen molar-refractivity contribution in [2.75, 3.05) is 26.2 Å². The van der Waals surface area contributed by atoms with E-state index in [0.29, 0.717) is 6.54 Å². The molecule has 0 spiro atoms. The number of nitrogens with one attached hydrogen (secondary N) is 2. The van der Waals surface area contributed by atoms with Gasteiger partial charge in [0.05, 0.1) is 12.6 Å². The van der Waals surface area contributed by atoms with Crippen LogP contribution in [0.3, 0.4) is 0 Å². The molecule has 3 rings (SSSR count). The van der Waals surface area contributed by atoms with Gasteiger partial charge in [0.2, 0.25) is 0 Å². The Labute approximate surface area is 174 Å². The van der Waals surface area contributed by atoms with Gasteiger partial charge in [0.25, 0.3) is 0 Å². The zero-order valence-corrected chi connectivity index (χ0v) is 17.5. The predicted molar refractivity (Wildman–Crippen MR) is 116 cm³/mol. The second-order valence-electron chi connectivity index (χ2n) is 7.41. The van der Waals surface area contributed by atoms with Gasteiger partial charge in [-0.15, -0.1) is 10.2 Å². The molecule has 7 heteroatoms. The fourth-order valence-corrected chi connectivity index (χ4v) is 3.50. The average Bonchev–Trinajstić information content (AvgIpc) is 3.23. The summed E-state index contributed by atoms with van der Waals surface area (Å²) < 4.78 is 7.91. The molecule has 1 aromatic heterocycles. The zero-order valence-electron chi connectivity index (χ0n) is 17.5. The normalized spacial score (nSPS) is 17.3. The summed E-state index contributed by atoms with van der Waals surface area (Å²) in [6, 6.07) is 10.6. The molecule has 1 saturated heterocycles. The van der Waals surface area contributed by atoms with Crippen molar-refractivity contribution in [2.45, 2.75) is 58.1 Å². The Balaban J connectivity index is 1.46. The molecule has 158 valence electrons. The van der Waals surface area contributed by atoms with E-state index >= 15 is 0 Å². The SMILES string of the molecule is CCc1nncn1CCNC(=NCC1CCCCO1)NCCCc1ccccc1. The second kappa shape index (κ2) is 12.2. The van der Waals surface area contributed by atoms with Crippen molar-refractivity contribution in [3.8, 4) is 0 Å². The summed E-state index contributed by atoms with van der Waals surface area (Å²) in [5.41, 5.74) is 1.37. The van der Waals surface area contributed by atoms with Crippen LogP contribution in [0.25, 0.3) is 0 Å². The van der Waals surface area contributed by atoms with Crippen LogP contribution in [0.2, 0.25) is 0 Å². The van der Waals surface area contributed by atoms with Crippen LogP contribution in [0, 0.1) is 0 Å². The first-order chi connectivity index (χ1) is 14.3. The van der Waals surface area contributed by atoms with Crippen LogP contribution in [-0.4, -0.2) is 53.1 Å². The van der Waals surface area contributed by atoms with E-state index in [-0.39, 0.29) is 6.10 Å². The van der Waals surface area contributed by atoms with Gasteiger partial charge >= 0.3 is 0 Å². The lowest BCUT2D eigenvalue weighted by atomic mass is 10.1. The molecule has 2 heterocycles. The predicted octanol–water partition coefficient (Wildman–Crippen LogP) is 2.58. The van der Waals surface area contributed by atoms with E-state index < -0.39 is 0 Å². The molecule has 7 nitrogen and oxygen atoms in total. The van der Waals surface area contributed by atoms with E-state index in [1.807, 2.05) is 0 Å². The van der Waals surface area contributed by atoms with Gasteiger partial charge in [0, 0.05) is 32.7 Å². The topological polar surface area (TPSA) is 76.4 Å². The average molecular weight is 399 g/mol. The first kappa shape index (κ1) is 21.3. The number of aromatic nitrogens is 3. The maximum absolute atomic E-state index is 5.82. The minimum atomic E-state index is 0.246. The summed E-state index contributed by atoms with van der Waals surface area (Å²) in [6.45, 7) is 6.15. The molecule has 2 aromatic rings. The maximum Gasteiger partial charge on any atom is 0.191 e. The van der Waals surface area contributed by atoms with Crippen molar-refractivity contribution in [1.29, 1.82) is 0 Å². The Morgan fingerprint density at radius 3 is 2.86 bits per heavy atom. The molecule has 0 bridgehead atoms. The molecular weight excluding hydrogens is 364 g/mol. The third kappa shape index (κ3) is 7.49. The van der Waals surface area contributed by atoms with Gasteiger partial charge in [0.15, 0.2) is 5.96 Å². The van der Waals surface area contributed by atoms with Gasteiger partial charge in [-0.25, -0.2) is 0 Å². The lowest BCUT2D eigenvalue weighted by molar-refractivity contribution is 0.0224. The number of benzene rings is 1. The number of hydrogen-bond donors (Lipinski definition) is 2. The molecule has 1 atom stereocenters. The first-order valence-corrected chi connectivity index (χ1v) is 10.9. The zero-order chi connectivity index (χ0) is 20.2. The smallest absolute Gasteiger partial charge is 0.191 e. The lowest BCUT2D eigenvalue weighted by Crippen LogP contribution is -2.40. The Morgan fingerprint density at radius 1 is 1.21 bits per heavy atom. The Bertz CT molecular complexity index is 724. The van der Waals surface area contributed by atoms with Crippen molar-refractivity contribution < 1.29 is 4.74 Å². The highest BCUT2D eigenvalue weighted by molar-refractivity contribution is 5.79. The van der Waals surface area contributed by atoms with E-state index in [2.05, 4.69) is 62.7 Å². The van der Waals surface area contributed by atoms with E-state index in [1.165, 1.54) is 18.4 Å². The quantitative estimate of drug-likeness (QED) is 0.365. The fraction of sp³-hybridized carbons (Fsp3) is 0.591. The summed E-state index contributed by atoms with van der Waals surface area (Å²) in [5, 5.41) is 15.1. The summed E-state index contributed by atoms with van der Waals surface area (Å²) in [6.07, 6.45) is 8.56. The van der Waals surface area contributed by atoms with Crippen LogP contribution in [0.1, 0.15) is 44.0 Å². The third-order valence-electron chi connectivity index (χ3n) is 5.16. The van der Waals surface area contributed by atoms with E-state index in [1.54, 1.807) is 6.33 Å². The fourth-order valence-electron chi connectivity index (χ4n) is 3.50. The Kier molecular flexibility index (Phi) is 8.97. The van der Waals surface area contributed by atoms with E-state index in [0.717, 1.165) is 63.7 Å². The van der Waals surface area contributed by atoms with Crippen LogP contribution in [0.5, 0.6) is 0 Å². The van der Waals surface area contributed by atoms with Crippen LogP contribution < -0.4 is 10.6 Å². The van der Waals surface area contributed by atoms with E-state index in [9.17, 15) is 0 Å². The number of aliphatic imine (C=N–C) groups is 1. The van der Waals surface area contributed by atoms with Gasteiger partial charge in [-0.2, -0.15) is 0 Å². The Hall–Kier alpha value is -2.41. The molecule has 1 aliphatic rings.